The van der Waals surface area contributed by atoms with E-state index in [1.54, 1.807) is 12.1 Å². The lowest BCUT2D eigenvalue weighted by molar-refractivity contribution is -0.119. The molecule has 2 amide bonds. The van der Waals surface area contributed by atoms with Crippen molar-refractivity contribution < 1.29 is 19.1 Å². The largest absolute Gasteiger partial charge is 0.396 e. The van der Waals surface area contributed by atoms with Gasteiger partial charge in [0.15, 0.2) is 0 Å². The van der Waals surface area contributed by atoms with Gasteiger partial charge in [-0.3, -0.25) is 9.59 Å². The zero-order chi connectivity index (χ0) is 18.7. The number of nitrogens with zero attached hydrogens (tertiary/aromatic N) is 1. The lowest BCUT2D eigenvalue weighted by Gasteiger charge is -2.15. The summed E-state index contributed by atoms with van der Waals surface area (Å²) in [6.07, 6.45) is 0.860. The van der Waals surface area contributed by atoms with E-state index in [-0.39, 0.29) is 17.1 Å². The van der Waals surface area contributed by atoms with Crippen LogP contribution in [0, 0.1) is 5.82 Å². The Balaban J connectivity index is 2.03. The number of anilines is 1. The molecule has 2 aromatic carbocycles. The minimum Gasteiger partial charge on any atom is -0.396 e. The summed E-state index contributed by atoms with van der Waals surface area (Å²) in [7, 11) is 0. The maximum atomic E-state index is 13.2. The highest BCUT2D eigenvalue weighted by Crippen LogP contribution is 2.38. The number of amides is 2. The predicted octanol–water partition coefficient (Wildman–Crippen LogP) is 3.40. The first kappa shape index (κ1) is 18.4. The van der Waals surface area contributed by atoms with Gasteiger partial charge in [0.25, 0.3) is 11.8 Å². The molecule has 26 heavy (non-hydrogen) atoms. The van der Waals surface area contributed by atoms with Crippen LogP contribution in [-0.4, -0.2) is 29.3 Å². The van der Waals surface area contributed by atoms with E-state index in [9.17, 15) is 14.0 Å². The van der Waals surface area contributed by atoms with Crippen LogP contribution in [0.2, 0.25) is 0 Å². The van der Waals surface area contributed by atoms with Crippen molar-refractivity contribution in [3.63, 3.8) is 0 Å². The van der Waals surface area contributed by atoms with E-state index in [0.717, 1.165) is 28.6 Å². The van der Waals surface area contributed by atoms with Gasteiger partial charge in [-0.15, -0.1) is 11.8 Å². The highest BCUT2D eigenvalue weighted by Gasteiger charge is 2.40. The fraction of sp³-hybridized carbons (Fsp3) is 0.200. The number of hydrogen-bond acceptors (Lipinski definition) is 4. The second-order valence-electron chi connectivity index (χ2n) is 5.75. The van der Waals surface area contributed by atoms with Crippen LogP contribution in [0.25, 0.3) is 5.57 Å². The third-order valence-corrected chi connectivity index (χ3v) is 5.17. The van der Waals surface area contributed by atoms with Gasteiger partial charge in [0.2, 0.25) is 0 Å². The minimum atomic E-state index is -0.439. The van der Waals surface area contributed by atoms with Crippen molar-refractivity contribution in [1.29, 1.82) is 0 Å². The Labute approximate surface area is 155 Å². The Morgan fingerprint density at radius 2 is 1.65 bits per heavy atom. The van der Waals surface area contributed by atoms with Gasteiger partial charge in [-0.25, -0.2) is 9.29 Å². The molecular formula is C20H18FNO3S. The maximum absolute atomic E-state index is 13.2. The van der Waals surface area contributed by atoms with Crippen molar-refractivity contribution in [2.24, 2.45) is 0 Å². The summed E-state index contributed by atoms with van der Waals surface area (Å²) in [4.78, 5) is 27.3. The van der Waals surface area contributed by atoms with Crippen molar-refractivity contribution in [2.75, 3.05) is 17.3 Å². The molecule has 2 aromatic rings. The fourth-order valence-corrected chi connectivity index (χ4v) is 3.64. The molecule has 1 aliphatic heterocycles. The number of aliphatic hydroxyl groups excluding tert-OH is 1. The number of imide groups is 1. The number of aliphatic hydroxyl groups is 1. The first-order chi connectivity index (χ1) is 12.6. The van der Waals surface area contributed by atoms with Crippen LogP contribution in [0.5, 0.6) is 0 Å². The normalized spacial score (nSPS) is 14.5. The van der Waals surface area contributed by atoms with Crippen LogP contribution in [0.1, 0.15) is 18.1 Å². The van der Waals surface area contributed by atoms with Gasteiger partial charge < -0.3 is 5.11 Å². The van der Waals surface area contributed by atoms with Crippen molar-refractivity contribution in [2.45, 2.75) is 13.3 Å². The third-order valence-electron chi connectivity index (χ3n) is 4.11. The summed E-state index contributed by atoms with van der Waals surface area (Å²) in [6.45, 7) is 1.91. The topological polar surface area (TPSA) is 57.6 Å². The molecular weight excluding hydrogens is 353 g/mol. The Hall–Kier alpha value is -2.44. The molecule has 1 heterocycles. The van der Waals surface area contributed by atoms with Crippen LogP contribution >= 0.6 is 11.8 Å². The molecule has 6 heteroatoms. The molecule has 3 rings (SSSR count). The summed E-state index contributed by atoms with van der Waals surface area (Å²) in [6, 6.07) is 12.7. The number of thioether (sulfide) groups is 1. The molecule has 0 spiro atoms. The quantitative estimate of drug-likeness (QED) is 0.791. The Morgan fingerprint density at radius 3 is 2.23 bits per heavy atom. The van der Waals surface area contributed by atoms with Crippen LogP contribution in [0.4, 0.5) is 10.1 Å². The average Bonchev–Trinajstić information content (AvgIpc) is 2.91. The molecule has 0 fully saturated rings. The number of halogens is 1. The van der Waals surface area contributed by atoms with E-state index in [1.165, 1.54) is 24.3 Å². The first-order valence-corrected chi connectivity index (χ1v) is 9.27. The maximum Gasteiger partial charge on any atom is 0.272 e. The van der Waals surface area contributed by atoms with Crippen molar-refractivity contribution in [1.82, 2.24) is 0 Å². The number of aryl methyl sites for hydroxylation is 1. The van der Waals surface area contributed by atoms with Gasteiger partial charge in [0, 0.05) is 5.75 Å². The van der Waals surface area contributed by atoms with Gasteiger partial charge >= 0.3 is 0 Å². The van der Waals surface area contributed by atoms with E-state index in [2.05, 4.69) is 0 Å². The van der Waals surface area contributed by atoms with Gasteiger partial charge in [0.05, 0.1) is 22.8 Å². The van der Waals surface area contributed by atoms with Gasteiger partial charge in [-0.1, -0.05) is 31.2 Å². The fourth-order valence-electron chi connectivity index (χ4n) is 2.78. The lowest BCUT2D eigenvalue weighted by atomic mass is 10.1. The minimum absolute atomic E-state index is 0.114. The Bertz CT molecular complexity index is 860. The van der Waals surface area contributed by atoms with E-state index in [0.29, 0.717) is 17.0 Å². The molecule has 1 aliphatic rings. The number of carbonyl (C=O) groups is 2. The molecule has 0 bridgehead atoms. The zero-order valence-corrected chi connectivity index (χ0v) is 15.1. The standard InChI is InChI=1S/C20H18FNO3S/c1-2-13-3-9-16(10-4-13)22-19(24)17(14-5-7-15(21)8-6-14)18(20(22)25)26-12-11-23/h3-10,23H,2,11-12H2,1H3. The van der Waals surface area contributed by atoms with E-state index in [1.807, 2.05) is 19.1 Å². The molecule has 0 radical (unpaired) electrons. The smallest absolute Gasteiger partial charge is 0.272 e. The van der Waals surface area contributed by atoms with E-state index in [4.69, 9.17) is 5.11 Å². The van der Waals surface area contributed by atoms with Crippen molar-refractivity contribution >= 4 is 34.8 Å². The molecule has 1 N–H and O–H groups in total. The molecule has 4 nitrogen and oxygen atoms in total. The van der Waals surface area contributed by atoms with Crippen LogP contribution in [0.3, 0.4) is 0 Å². The second-order valence-corrected chi connectivity index (χ2v) is 6.85. The summed E-state index contributed by atoms with van der Waals surface area (Å²) < 4.78 is 13.2. The predicted molar refractivity (Wildman–Crippen MR) is 101 cm³/mol. The van der Waals surface area contributed by atoms with E-state index >= 15 is 0 Å². The van der Waals surface area contributed by atoms with Gasteiger partial charge in [-0.2, -0.15) is 0 Å². The van der Waals surface area contributed by atoms with Crippen LogP contribution in [0.15, 0.2) is 53.4 Å². The third kappa shape index (κ3) is 3.43. The molecule has 0 unspecified atom stereocenters. The molecule has 0 atom stereocenters. The molecule has 0 saturated carbocycles. The molecule has 134 valence electrons. The highest BCUT2D eigenvalue weighted by molar-refractivity contribution is 8.04. The lowest BCUT2D eigenvalue weighted by Crippen LogP contribution is -2.31. The molecule has 0 saturated heterocycles. The van der Waals surface area contributed by atoms with Gasteiger partial charge in [-0.05, 0) is 41.8 Å². The second kappa shape index (κ2) is 7.85. The average molecular weight is 371 g/mol. The number of benzene rings is 2. The molecule has 0 aromatic heterocycles. The first-order valence-electron chi connectivity index (χ1n) is 8.28. The number of hydrogen-bond donors (Lipinski definition) is 1. The van der Waals surface area contributed by atoms with Gasteiger partial charge in [0.1, 0.15) is 5.82 Å². The zero-order valence-electron chi connectivity index (χ0n) is 14.2. The Kier molecular flexibility index (Phi) is 5.54. The molecule has 0 aliphatic carbocycles. The van der Waals surface area contributed by atoms with Crippen molar-refractivity contribution in [3.8, 4) is 0 Å². The SMILES string of the molecule is CCc1ccc(N2C(=O)C(SCCO)=C(c3ccc(F)cc3)C2=O)cc1. The summed E-state index contributed by atoms with van der Waals surface area (Å²) >= 11 is 1.13. The summed E-state index contributed by atoms with van der Waals surface area (Å²) in [5.41, 5.74) is 2.33. The summed E-state index contributed by atoms with van der Waals surface area (Å²) in [5.74, 6) is -0.979. The van der Waals surface area contributed by atoms with E-state index < -0.39 is 17.6 Å². The Morgan fingerprint density at radius 1 is 1.00 bits per heavy atom. The van der Waals surface area contributed by atoms with Crippen LogP contribution in [-0.2, 0) is 16.0 Å². The summed E-state index contributed by atoms with van der Waals surface area (Å²) in [5, 5.41) is 9.11. The van der Waals surface area contributed by atoms with Crippen LogP contribution < -0.4 is 4.90 Å². The van der Waals surface area contributed by atoms with Crippen molar-refractivity contribution in [3.05, 3.63) is 70.4 Å². The highest BCUT2D eigenvalue weighted by atomic mass is 32.2. The monoisotopic (exact) mass is 371 g/mol. The number of rotatable bonds is 6. The number of carbonyl (C=O) groups excluding carboxylic acids is 2.